The summed E-state index contributed by atoms with van der Waals surface area (Å²) < 4.78 is 0. The van der Waals surface area contributed by atoms with Crippen molar-refractivity contribution in [2.24, 2.45) is 11.5 Å². The summed E-state index contributed by atoms with van der Waals surface area (Å²) >= 11 is 0. The van der Waals surface area contributed by atoms with Gasteiger partial charge in [-0.1, -0.05) is 48.5 Å². The van der Waals surface area contributed by atoms with E-state index in [9.17, 15) is 20.4 Å². The van der Waals surface area contributed by atoms with E-state index in [1.54, 1.807) is 24.3 Å². The van der Waals surface area contributed by atoms with E-state index in [1.165, 1.54) is 24.3 Å². The maximum Gasteiger partial charge on any atom is 2.00 e. The van der Waals surface area contributed by atoms with E-state index >= 15 is 0 Å². The summed E-state index contributed by atoms with van der Waals surface area (Å²) in [4.78, 5) is 0. The monoisotopic (exact) mass is 334 g/mol. The summed E-state index contributed by atoms with van der Waals surface area (Å²) in [6.07, 6.45) is 0. The third-order valence-electron chi connectivity index (χ3n) is 1.86. The fourth-order valence-corrected chi connectivity index (χ4v) is 0.900. The Morgan fingerprint density at radius 2 is 0.762 bits per heavy atom. The Balaban J connectivity index is 0. The molecular weight excluding hydrogens is 319 g/mol. The number of nitrogens with two attached hydrogens (primary N) is 2. The molecule has 0 aromatic heterocycles. The van der Waals surface area contributed by atoms with Crippen molar-refractivity contribution in [3.63, 3.8) is 0 Å². The van der Waals surface area contributed by atoms with Gasteiger partial charge in [0.25, 0.3) is 0 Å². The topological polar surface area (TPSA) is 144 Å². The van der Waals surface area contributed by atoms with Crippen LogP contribution in [-0.4, -0.2) is 13.1 Å². The molecule has 6 nitrogen and oxygen atoms in total. The fraction of sp³-hybridized carbons (Fsp3) is 0.143. The second-order valence-corrected chi connectivity index (χ2v) is 3.47. The van der Waals surface area contributed by atoms with Gasteiger partial charge in [-0.25, -0.2) is 0 Å². The van der Waals surface area contributed by atoms with Crippen molar-refractivity contribution < 1.29 is 36.9 Å². The number of hydrogen-bond acceptors (Lipinski definition) is 6. The maximum absolute atomic E-state index is 10.3. The Bertz CT molecular complexity index is 410. The minimum absolute atomic E-state index is 0. The van der Waals surface area contributed by atoms with Crippen molar-refractivity contribution in [1.29, 1.82) is 0 Å². The molecule has 4 N–H and O–H groups in total. The molecule has 2 aromatic carbocycles. The van der Waals surface area contributed by atoms with E-state index in [0.717, 1.165) is 0 Å². The zero-order valence-corrected chi connectivity index (χ0v) is 12.1. The van der Waals surface area contributed by atoms with Gasteiger partial charge in [0.05, 0.1) is 0 Å². The summed E-state index contributed by atoms with van der Waals surface area (Å²) in [5.74, 6) is -1.75. The summed E-state index contributed by atoms with van der Waals surface area (Å²) in [6.45, 7) is 1.19. The summed E-state index contributed by atoms with van der Waals surface area (Å²) in [5, 5.41) is 41.2. The van der Waals surface area contributed by atoms with Crippen molar-refractivity contribution >= 4 is 0 Å². The second kappa shape index (κ2) is 13.1. The molecule has 0 aliphatic carbocycles. The Morgan fingerprint density at radius 1 is 0.571 bits per heavy atom. The van der Waals surface area contributed by atoms with Gasteiger partial charge in [0, 0.05) is 13.1 Å². The van der Waals surface area contributed by atoms with Crippen molar-refractivity contribution in [2.45, 2.75) is 0 Å². The average molecular weight is 335 g/mol. The van der Waals surface area contributed by atoms with Gasteiger partial charge in [-0.15, -0.1) is 23.0 Å². The van der Waals surface area contributed by atoms with Gasteiger partial charge in [0.15, 0.2) is 0 Å². The van der Waals surface area contributed by atoms with Crippen LogP contribution in [0.3, 0.4) is 0 Å². The SMILES string of the molecule is NCCN.[Ni+2].[O-]c1ccccc1[O-].[O-]c1ccccc1[O-]. The molecule has 0 aliphatic rings. The van der Waals surface area contributed by atoms with Crippen LogP contribution in [0, 0.1) is 0 Å². The predicted octanol–water partition coefficient (Wildman–Crippen LogP) is -1.43. The molecule has 0 heterocycles. The first-order chi connectivity index (χ1) is 9.52. The maximum atomic E-state index is 10.3. The number of para-hydroxylation sites is 4. The zero-order chi connectivity index (χ0) is 15.4. The molecule has 0 saturated carbocycles. The van der Waals surface area contributed by atoms with Crippen LogP contribution in [0.2, 0.25) is 0 Å². The molecule has 0 fully saturated rings. The molecule has 0 amide bonds. The van der Waals surface area contributed by atoms with Crippen LogP contribution in [0.5, 0.6) is 23.0 Å². The molecule has 0 unspecified atom stereocenters. The van der Waals surface area contributed by atoms with E-state index in [0.29, 0.717) is 13.1 Å². The van der Waals surface area contributed by atoms with E-state index in [4.69, 9.17) is 11.5 Å². The molecule has 21 heavy (non-hydrogen) atoms. The van der Waals surface area contributed by atoms with E-state index < -0.39 is 23.0 Å². The number of rotatable bonds is 1. The molecule has 0 spiro atoms. The van der Waals surface area contributed by atoms with Crippen molar-refractivity contribution in [1.82, 2.24) is 0 Å². The quantitative estimate of drug-likeness (QED) is 0.611. The predicted molar refractivity (Wildman–Crippen MR) is 68.8 cm³/mol. The first-order valence-electron chi connectivity index (χ1n) is 5.79. The number of hydrogen-bond donors (Lipinski definition) is 2. The largest absolute Gasteiger partial charge is 2.00 e. The first-order valence-corrected chi connectivity index (χ1v) is 5.79. The number of benzene rings is 2. The first kappa shape index (κ1) is 21.4. The van der Waals surface area contributed by atoms with E-state index in [2.05, 4.69) is 0 Å². The summed E-state index contributed by atoms with van der Waals surface area (Å²) in [6, 6.07) is 11.2. The Morgan fingerprint density at radius 3 is 0.857 bits per heavy atom. The standard InChI is InChI=1S/2C6H6O2.C2H8N2.Ni/c2*7-5-3-1-2-4-6(5)8;3-1-2-4;/h2*1-4,7-8H;1-4H2;/q;;;+2/p-4. The van der Waals surface area contributed by atoms with Gasteiger partial charge in [-0.2, -0.15) is 0 Å². The molecule has 2 aromatic rings. The molecule has 118 valence electrons. The van der Waals surface area contributed by atoms with Crippen LogP contribution in [0.15, 0.2) is 48.5 Å². The molecule has 0 atom stereocenters. The van der Waals surface area contributed by atoms with Gasteiger partial charge < -0.3 is 31.9 Å². The fourth-order valence-electron chi connectivity index (χ4n) is 0.900. The van der Waals surface area contributed by atoms with Crippen LogP contribution < -0.4 is 31.9 Å². The van der Waals surface area contributed by atoms with Gasteiger partial charge in [0.2, 0.25) is 0 Å². The minimum atomic E-state index is -0.437. The smallest absolute Gasteiger partial charge is 0.873 e. The normalized spacial score (nSPS) is 8.29. The molecule has 0 radical (unpaired) electrons. The van der Waals surface area contributed by atoms with Crippen LogP contribution >= 0.6 is 0 Å². The van der Waals surface area contributed by atoms with Crippen molar-refractivity contribution in [3.8, 4) is 23.0 Å². The third-order valence-corrected chi connectivity index (χ3v) is 1.86. The molecule has 0 bridgehead atoms. The van der Waals surface area contributed by atoms with Gasteiger partial charge in [-0.3, -0.25) is 0 Å². The molecular formula is C14H16N2NiO4-2. The van der Waals surface area contributed by atoms with Gasteiger partial charge in [0.1, 0.15) is 0 Å². The van der Waals surface area contributed by atoms with Crippen LogP contribution in [0.25, 0.3) is 0 Å². The summed E-state index contributed by atoms with van der Waals surface area (Å²) in [5.41, 5.74) is 9.81. The van der Waals surface area contributed by atoms with Crippen LogP contribution in [0.4, 0.5) is 0 Å². The van der Waals surface area contributed by atoms with Gasteiger partial charge >= 0.3 is 16.5 Å². The van der Waals surface area contributed by atoms with Crippen molar-refractivity contribution in [3.05, 3.63) is 48.5 Å². The van der Waals surface area contributed by atoms with Crippen LogP contribution in [0.1, 0.15) is 0 Å². The Hall–Kier alpha value is -1.95. The van der Waals surface area contributed by atoms with E-state index in [1.807, 2.05) is 0 Å². The van der Waals surface area contributed by atoms with Crippen molar-refractivity contribution in [2.75, 3.05) is 13.1 Å². The van der Waals surface area contributed by atoms with Gasteiger partial charge in [-0.05, 0) is 0 Å². The Kier molecular flexibility index (Phi) is 13.3. The second-order valence-electron chi connectivity index (χ2n) is 3.47. The average Bonchev–Trinajstić information content (AvgIpc) is 2.46. The minimum Gasteiger partial charge on any atom is -0.873 e. The van der Waals surface area contributed by atoms with Crippen LogP contribution in [-0.2, 0) is 16.5 Å². The summed E-state index contributed by atoms with van der Waals surface area (Å²) in [7, 11) is 0. The molecule has 7 heteroatoms. The molecule has 0 saturated heterocycles. The Labute approximate surface area is 133 Å². The van der Waals surface area contributed by atoms with E-state index in [-0.39, 0.29) is 16.5 Å². The molecule has 2 rings (SSSR count). The molecule has 0 aliphatic heterocycles. The third kappa shape index (κ3) is 10.5. The zero-order valence-electron chi connectivity index (χ0n) is 11.1.